The number of rotatable bonds is 5. The Morgan fingerprint density at radius 3 is 2.33 bits per heavy atom. The largest absolute Gasteiger partial charge is 0.497 e. The highest BCUT2D eigenvalue weighted by molar-refractivity contribution is 9.10. The SMILES string of the molecule is COc1ccc(C(=O)Nc2ccc(Br)cc2C(=O)c2ccccc2Cl)cc1. The van der Waals surface area contributed by atoms with Crippen molar-refractivity contribution < 1.29 is 14.3 Å². The molecule has 3 rings (SSSR count). The fourth-order valence-electron chi connectivity index (χ4n) is 2.54. The number of ketones is 1. The molecule has 27 heavy (non-hydrogen) atoms. The van der Waals surface area contributed by atoms with E-state index >= 15 is 0 Å². The Kier molecular flexibility index (Phi) is 5.94. The third kappa shape index (κ3) is 4.38. The quantitative estimate of drug-likeness (QED) is 0.522. The lowest BCUT2D eigenvalue weighted by atomic mass is 10.0. The Morgan fingerprint density at radius 1 is 0.963 bits per heavy atom. The second-order valence-corrected chi connectivity index (χ2v) is 7.00. The van der Waals surface area contributed by atoms with Crippen molar-refractivity contribution in [1.29, 1.82) is 0 Å². The van der Waals surface area contributed by atoms with Gasteiger partial charge in [0.25, 0.3) is 5.91 Å². The molecule has 0 aromatic heterocycles. The molecule has 1 amide bonds. The Hall–Kier alpha value is -2.63. The Labute approximate surface area is 170 Å². The second kappa shape index (κ2) is 8.37. The predicted octanol–water partition coefficient (Wildman–Crippen LogP) is 5.59. The van der Waals surface area contributed by atoms with Gasteiger partial charge in [-0.2, -0.15) is 0 Å². The van der Waals surface area contributed by atoms with E-state index in [1.54, 1.807) is 73.8 Å². The number of amides is 1. The highest BCUT2D eigenvalue weighted by atomic mass is 79.9. The topological polar surface area (TPSA) is 55.4 Å². The lowest BCUT2D eigenvalue weighted by Gasteiger charge is -2.12. The molecule has 0 atom stereocenters. The van der Waals surface area contributed by atoms with Gasteiger partial charge in [-0.25, -0.2) is 0 Å². The van der Waals surface area contributed by atoms with Gasteiger partial charge in [-0.05, 0) is 54.6 Å². The number of ether oxygens (including phenoxy) is 1. The summed E-state index contributed by atoms with van der Waals surface area (Å²) in [7, 11) is 1.56. The molecular weight excluding hydrogens is 430 g/mol. The van der Waals surface area contributed by atoms with Crippen LogP contribution in [-0.4, -0.2) is 18.8 Å². The zero-order valence-corrected chi connectivity index (χ0v) is 16.7. The summed E-state index contributed by atoms with van der Waals surface area (Å²) < 4.78 is 5.82. The van der Waals surface area contributed by atoms with Crippen molar-refractivity contribution in [3.8, 4) is 5.75 Å². The first kappa shape index (κ1) is 19.1. The van der Waals surface area contributed by atoms with E-state index in [1.165, 1.54) is 0 Å². The number of nitrogens with one attached hydrogen (secondary N) is 1. The van der Waals surface area contributed by atoms with Gasteiger partial charge in [0.05, 0.1) is 17.8 Å². The van der Waals surface area contributed by atoms with Gasteiger partial charge in [-0.1, -0.05) is 39.7 Å². The van der Waals surface area contributed by atoms with Gasteiger partial charge < -0.3 is 10.1 Å². The number of carbonyl (C=O) groups is 2. The van der Waals surface area contributed by atoms with E-state index in [0.29, 0.717) is 33.1 Å². The van der Waals surface area contributed by atoms with Gasteiger partial charge in [0.1, 0.15) is 5.75 Å². The van der Waals surface area contributed by atoms with Crippen LogP contribution in [0.25, 0.3) is 0 Å². The van der Waals surface area contributed by atoms with E-state index in [0.717, 1.165) is 4.47 Å². The molecule has 136 valence electrons. The Balaban J connectivity index is 1.93. The van der Waals surface area contributed by atoms with Crippen LogP contribution in [0.5, 0.6) is 5.75 Å². The van der Waals surface area contributed by atoms with Gasteiger partial charge in [0.15, 0.2) is 5.78 Å². The van der Waals surface area contributed by atoms with Crippen molar-refractivity contribution in [3.05, 3.63) is 92.9 Å². The average Bonchev–Trinajstić information content (AvgIpc) is 2.69. The van der Waals surface area contributed by atoms with Gasteiger partial charge >= 0.3 is 0 Å². The fourth-order valence-corrected chi connectivity index (χ4v) is 3.12. The van der Waals surface area contributed by atoms with Crippen LogP contribution in [0.2, 0.25) is 5.02 Å². The first-order valence-corrected chi connectivity index (χ1v) is 9.21. The second-order valence-electron chi connectivity index (χ2n) is 5.68. The minimum Gasteiger partial charge on any atom is -0.497 e. The lowest BCUT2D eigenvalue weighted by Crippen LogP contribution is -2.15. The van der Waals surface area contributed by atoms with E-state index in [9.17, 15) is 9.59 Å². The van der Waals surface area contributed by atoms with Crippen molar-refractivity contribution in [3.63, 3.8) is 0 Å². The van der Waals surface area contributed by atoms with Gasteiger partial charge in [-0.3, -0.25) is 9.59 Å². The van der Waals surface area contributed by atoms with Gasteiger partial charge in [-0.15, -0.1) is 0 Å². The molecule has 0 spiro atoms. The molecule has 0 saturated carbocycles. The molecule has 3 aromatic rings. The number of halogens is 2. The van der Waals surface area contributed by atoms with Crippen LogP contribution in [0.1, 0.15) is 26.3 Å². The Morgan fingerprint density at radius 2 is 1.67 bits per heavy atom. The summed E-state index contributed by atoms with van der Waals surface area (Å²) in [6.45, 7) is 0. The van der Waals surface area contributed by atoms with E-state index in [1.807, 2.05) is 0 Å². The van der Waals surface area contributed by atoms with Crippen LogP contribution in [0.3, 0.4) is 0 Å². The highest BCUT2D eigenvalue weighted by Crippen LogP contribution is 2.27. The maximum absolute atomic E-state index is 13.0. The number of methoxy groups -OCH3 is 1. The van der Waals surface area contributed by atoms with Crippen molar-refractivity contribution in [1.82, 2.24) is 0 Å². The zero-order valence-electron chi connectivity index (χ0n) is 14.3. The third-order valence-corrected chi connectivity index (χ3v) is 4.77. The molecule has 6 heteroatoms. The zero-order chi connectivity index (χ0) is 19.4. The summed E-state index contributed by atoms with van der Waals surface area (Å²) in [5.74, 6) is 0.0601. The van der Waals surface area contributed by atoms with Crippen molar-refractivity contribution in [2.75, 3.05) is 12.4 Å². The first-order chi connectivity index (χ1) is 13.0. The van der Waals surface area contributed by atoms with Gasteiger partial charge in [0.2, 0.25) is 0 Å². The summed E-state index contributed by atoms with van der Waals surface area (Å²) in [6, 6.07) is 18.6. The molecule has 0 bridgehead atoms. The molecule has 3 aromatic carbocycles. The molecule has 0 heterocycles. The van der Waals surface area contributed by atoms with Crippen molar-refractivity contribution in [2.24, 2.45) is 0 Å². The number of carbonyl (C=O) groups excluding carboxylic acids is 2. The summed E-state index contributed by atoms with van der Waals surface area (Å²) in [4.78, 5) is 25.5. The molecule has 0 saturated heterocycles. The van der Waals surface area contributed by atoms with Crippen LogP contribution in [0.4, 0.5) is 5.69 Å². The van der Waals surface area contributed by atoms with E-state index in [2.05, 4.69) is 21.2 Å². The molecule has 0 aliphatic carbocycles. The first-order valence-electron chi connectivity index (χ1n) is 8.04. The maximum Gasteiger partial charge on any atom is 0.255 e. The van der Waals surface area contributed by atoms with Crippen molar-refractivity contribution in [2.45, 2.75) is 0 Å². The molecular formula is C21H15BrClNO3. The van der Waals surface area contributed by atoms with Crippen LogP contribution < -0.4 is 10.1 Å². The molecule has 4 nitrogen and oxygen atoms in total. The van der Waals surface area contributed by atoms with E-state index in [4.69, 9.17) is 16.3 Å². The lowest BCUT2D eigenvalue weighted by molar-refractivity contribution is 0.102. The van der Waals surface area contributed by atoms with Crippen LogP contribution in [-0.2, 0) is 0 Å². The molecule has 1 N–H and O–H groups in total. The minimum absolute atomic E-state index is 0.271. The smallest absolute Gasteiger partial charge is 0.255 e. The number of anilines is 1. The molecule has 0 radical (unpaired) electrons. The Bertz CT molecular complexity index is 1000. The van der Waals surface area contributed by atoms with Crippen molar-refractivity contribution >= 4 is 44.9 Å². The summed E-state index contributed by atoms with van der Waals surface area (Å²) >= 11 is 9.53. The molecule has 0 aliphatic heterocycles. The fraction of sp³-hybridized carbons (Fsp3) is 0.0476. The predicted molar refractivity (Wildman–Crippen MR) is 110 cm³/mol. The normalized spacial score (nSPS) is 10.3. The van der Waals surface area contributed by atoms with E-state index < -0.39 is 0 Å². The molecule has 0 aliphatic rings. The number of hydrogen-bond acceptors (Lipinski definition) is 3. The minimum atomic E-state index is -0.326. The monoisotopic (exact) mass is 443 g/mol. The highest BCUT2D eigenvalue weighted by Gasteiger charge is 2.18. The van der Waals surface area contributed by atoms with Crippen LogP contribution in [0, 0.1) is 0 Å². The number of hydrogen-bond donors (Lipinski definition) is 1. The van der Waals surface area contributed by atoms with Crippen LogP contribution >= 0.6 is 27.5 Å². The maximum atomic E-state index is 13.0. The third-order valence-electron chi connectivity index (χ3n) is 3.95. The summed E-state index contributed by atoms with van der Waals surface area (Å²) in [6.07, 6.45) is 0. The van der Waals surface area contributed by atoms with Gasteiger partial charge in [0, 0.05) is 21.2 Å². The van der Waals surface area contributed by atoms with Crippen LogP contribution in [0.15, 0.2) is 71.2 Å². The average molecular weight is 445 g/mol. The molecule has 0 unspecified atom stereocenters. The summed E-state index contributed by atoms with van der Waals surface area (Å²) in [5, 5.41) is 3.15. The summed E-state index contributed by atoms with van der Waals surface area (Å²) in [5.41, 5.74) is 1.58. The van der Waals surface area contributed by atoms with E-state index in [-0.39, 0.29) is 11.7 Å². The number of benzene rings is 3. The molecule has 0 fully saturated rings. The standard InChI is InChI=1S/C21H15BrClNO3/c1-27-15-9-6-13(7-10-15)21(26)24-19-11-8-14(22)12-17(19)20(25)16-4-2-3-5-18(16)23/h2-12H,1H3,(H,24,26).